The van der Waals surface area contributed by atoms with Crippen molar-refractivity contribution < 1.29 is 19.1 Å². The van der Waals surface area contributed by atoms with Gasteiger partial charge in [-0.3, -0.25) is 4.79 Å². The van der Waals surface area contributed by atoms with Crippen LogP contribution in [0, 0.1) is 5.92 Å². The van der Waals surface area contributed by atoms with E-state index in [0.717, 1.165) is 12.8 Å². The van der Waals surface area contributed by atoms with Crippen LogP contribution in [0.25, 0.3) is 0 Å². The molecule has 1 aliphatic rings. The Bertz CT molecular complexity index is 335. The van der Waals surface area contributed by atoms with Crippen molar-refractivity contribution >= 4 is 12.1 Å². The maximum Gasteiger partial charge on any atom is 0.410 e. The molecule has 1 unspecified atom stereocenters. The molecule has 0 radical (unpaired) electrons. The zero-order valence-electron chi connectivity index (χ0n) is 12.6. The number of esters is 1. The Balaban J connectivity index is 2.70. The maximum absolute atomic E-state index is 12.1. The first-order valence-electron chi connectivity index (χ1n) is 6.92. The van der Waals surface area contributed by atoms with E-state index >= 15 is 0 Å². The monoisotopic (exact) mass is 271 g/mol. The molecule has 1 saturated heterocycles. The van der Waals surface area contributed by atoms with Gasteiger partial charge in [0.15, 0.2) is 0 Å². The number of ether oxygens (including phenoxy) is 2. The van der Waals surface area contributed by atoms with Crippen molar-refractivity contribution in [2.75, 3.05) is 13.2 Å². The summed E-state index contributed by atoms with van der Waals surface area (Å²) in [7, 11) is 0. The predicted molar refractivity (Wildman–Crippen MR) is 71.8 cm³/mol. The molecule has 0 aliphatic carbocycles. The second kappa shape index (κ2) is 6.26. The molecule has 0 aromatic rings. The van der Waals surface area contributed by atoms with Gasteiger partial charge in [0.1, 0.15) is 5.60 Å². The molecular formula is C14H25NO4. The predicted octanol–water partition coefficient (Wildman–Crippen LogP) is 2.59. The highest BCUT2D eigenvalue weighted by Crippen LogP contribution is 2.26. The van der Waals surface area contributed by atoms with Gasteiger partial charge >= 0.3 is 12.1 Å². The van der Waals surface area contributed by atoms with E-state index < -0.39 is 5.60 Å². The molecule has 1 aliphatic heterocycles. The van der Waals surface area contributed by atoms with Gasteiger partial charge in [-0.1, -0.05) is 0 Å². The number of amides is 1. The number of carbonyl (C=O) groups is 2. The smallest absolute Gasteiger partial charge is 0.410 e. The standard InChI is InChI=1S/C14H25NO4/c1-6-18-12(16)11-8-7-9-15(10(11)2)13(17)19-14(3,4)5/h10-11H,6-9H2,1-5H3/t10-,11?/m0/s1. The summed E-state index contributed by atoms with van der Waals surface area (Å²) in [6, 6.07) is -0.178. The Morgan fingerprint density at radius 1 is 1.32 bits per heavy atom. The number of carbonyl (C=O) groups excluding carboxylic acids is 2. The fourth-order valence-corrected chi connectivity index (χ4v) is 2.29. The second-order valence-corrected chi connectivity index (χ2v) is 5.92. The van der Waals surface area contributed by atoms with E-state index in [-0.39, 0.29) is 24.0 Å². The topological polar surface area (TPSA) is 55.8 Å². The van der Waals surface area contributed by atoms with E-state index in [9.17, 15) is 9.59 Å². The van der Waals surface area contributed by atoms with Crippen LogP contribution in [0.3, 0.4) is 0 Å². The summed E-state index contributed by atoms with van der Waals surface area (Å²) in [5, 5.41) is 0. The summed E-state index contributed by atoms with van der Waals surface area (Å²) in [6.07, 6.45) is 1.21. The molecule has 1 fully saturated rings. The molecule has 110 valence electrons. The third kappa shape index (κ3) is 4.40. The van der Waals surface area contributed by atoms with Crippen LogP contribution in [0.4, 0.5) is 4.79 Å². The Labute approximate surface area is 115 Å². The minimum Gasteiger partial charge on any atom is -0.466 e. The second-order valence-electron chi connectivity index (χ2n) is 5.92. The van der Waals surface area contributed by atoms with Gasteiger partial charge in [0.2, 0.25) is 0 Å². The van der Waals surface area contributed by atoms with Crippen LogP contribution in [0.2, 0.25) is 0 Å². The Kier molecular flexibility index (Phi) is 5.20. The van der Waals surface area contributed by atoms with Crippen LogP contribution in [-0.4, -0.2) is 41.8 Å². The molecule has 0 aromatic carbocycles. The summed E-state index contributed by atoms with van der Waals surface area (Å²) >= 11 is 0. The summed E-state index contributed by atoms with van der Waals surface area (Å²) in [6.45, 7) is 10.2. The van der Waals surface area contributed by atoms with Crippen molar-refractivity contribution in [3.05, 3.63) is 0 Å². The van der Waals surface area contributed by atoms with Crippen LogP contribution in [0.5, 0.6) is 0 Å². The van der Waals surface area contributed by atoms with Crippen molar-refractivity contribution in [3.8, 4) is 0 Å². The van der Waals surface area contributed by atoms with Gasteiger partial charge in [0.25, 0.3) is 0 Å². The third-order valence-corrected chi connectivity index (χ3v) is 3.21. The molecule has 1 amide bonds. The van der Waals surface area contributed by atoms with Crippen LogP contribution < -0.4 is 0 Å². The Morgan fingerprint density at radius 2 is 1.95 bits per heavy atom. The molecular weight excluding hydrogens is 246 g/mol. The van der Waals surface area contributed by atoms with Gasteiger partial charge in [-0.15, -0.1) is 0 Å². The van der Waals surface area contributed by atoms with Crippen LogP contribution in [0.1, 0.15) is 47.5 Å². The molecule has 19 heavy (non-hydrogen) atoms. The van der Waals surface area contributed by atoms with Crippen LogP contribution in [0.15, 0.2) is 0 Å². The van der Waals surface area contributed by atoms with Gasteiger partial charge < -0.3 is 14.4 Å². The number of likely N-dealkylation sites (tertiary alicyclic amines) is 1. The number of piperidine rings is 1. The Hall–Kier alpha value is -1.26. The fourth-order valence-electron chi connectivity index (χ4n) is 2.29. The van der Waals surface area contributed by atoms with Gasteiger partial charge in [0.05, 0.1) is 12.5 Å². The van der Waals surface area contributed by atoms with E-state index in [1.54, 1.807) is 11.8 Å². The van der Waals surface area contributed by atoms with Gasteiger partial charge in [-0.2, -0.15) is 0 Å². The van der Waals surface area contributed by atoms with Gasteiger partial charge in [-0.05, 0) is 47.5 Å². The van der Waals surface area contributed by atoms with E-state index in [2.05, 4.69) is 0 Å². The average molecular weight is 271 g/mol. The molecule has 2 atom stereocenters. The minimum absolute atomic E-state index is 0.178. The first kappa shape index (κ1) is 15.8. The molecule has 5 heteroatoms. The highest BCUT2D eigenvalue weighted by molar-refractivity contribution is 5.75. The number of hydrogen-bond acceptors (Lipinski definition) is 4. The number of nitrogens with zero attached hydrogens (tertiary/aromatic N) is 1. The molecule has 0 saturated carbocycles. The highest BCUT2D eigenvalue weighted by Gasteiger charge is 2.37. The van der Waals surface area contributed by atoms with E-state index in [0.29, 0.717) is 13.2 Å². The van der Waals surface area contributed by atoms with Crippen molar-refractivity contribution in [1.82, 2.24) is 4.90 Å². The van der Waals surface area contributed by atoms with Crippen molar-refractivity contribution in [3.63, 3.8) is 0 Å². The molecule has 0 aromatic heterocycles. The first-order chi connectivity index (χ1) is 8.76. The normalized spacial score (nSPS) is 23.9. The average Bonchev–Trinajstić information content (AvgIpc) is 2.27. The summed E-state index contributed by atoms with van der Waals surface area (Å²) in [5.41, 5.74) is -0.520. The van der Waals surface area contributed by atoms with Crippen LogP contribution in [-0.2, 0) is 14.3 Å². The molecule has 0 bridgehead atoms. The zero-order chi connectivity index (χ0) is 14.6. The van der Waals surface area contributed by atoms with Crippen molar-refractivity contribution in [2.45, 2.75) is 59.1 Å². The van der Waals surface area contributed by atoms with Crippen LogP contribution >= 0.6 is 0 Å². The van der Waals surface area contributed by atoms with E-state index in [4.69, 9.17) is 9.47 Å². The van der Waals surface area contributed by atoms with Crippen molar-refractivity contribution in [2.24, 2.45) is 5.92 Å². The van der Waals surface area contributed by atoms with E-state index in [1.807, 2.05) is 27.7 Å². The lowest BCUT2D eigenvalue weighted by molar-refractivity contribution is -0.151. The molecule has 0 spiro atoms. The van der Waals surface area contributed by atoms with E-state index in [1.165, 1.54) is 0 Å². The highest BCUT2D eigenvalue weighted by atomic mass is 16.6. The Morgan fingerprint density at radius 3 is 2.47 bits per heavy atom. The van der Waals surface area contributed by atoms with Gasteiger partial charge in [0, 0.05) is 12.6 Å². The third-order valence-electron chi connectivity index (χ3n) is 3.21. The molecule has 1 rings (SSSR count). The summed E-state index contributed by atoms with van der Waals surface area (Å²) in [4.78, 5) is 25.6. The zero-order valence-corrected chi connectivity index (χ0v) is 12.6. The van der Waals surface area contributed by atoms with Crippen molar-refractivity contribution in [1.29, 1.82) is 0 Å². The van der Waals surface area contributed by atoms with Gasteiger partial charge in [-0.25, -0.2) is 4.79 Å². The molecule has 1 heterocycles. The maximum atomic E-state index is 12.1. The first-order valence-corrected chi connectivity index (χ1v) is 6.92. The summed E-state index contributed by atoms with van der Waals surface area (Å²) in [5.74, 6) is -0.468. The number of rotatable bonds is 2. The lowest BCUT2D eigenvalue weighted by Gasteiger charge is -2.38. The summed E-state index contributed by atoms with van der Waals surface area (Å²) < 4.78 is 10.4. The number of hydrogen-bond donors (Lipinski definition) is 0. The quantitative estimate of drug-likeness (QED) is 0.724. The molecule has 0 N–H and O–H groups in total. The molecule has 5 nitrogen and oxygen atoms in total. The SMILES string of the molecule is CCOC(=O)C1CCCN(C(=O)OC(C)(C)C)[C@H]1C. The lowest BCUT2D eigenvalue weighted by Crippen LogP contribution is -2.50. The lowest BCUT2D eigenvalue weighted by atomic mass is 9.90. The largest absolute Gasteiger partial charge is 0.466 e. The minimum atomic E-state index is -0.520. The fraction of sp³-hybridized carbons (Fsp3) is 0.857.